The van der Waals surface area contributed by atoms with Crippen LogP contribution in [-0.4, -0.2) is 17.9 Å². The van der Waals surface area contributed by atoms with E-state index in [1.807, 2.05) is 24.3 Å². The zero-order valence-electron chi connectivity index (χ0n) is 14.5. The van der Waals surface area contributed by atoms with Gasteiger partial charge in [0.05, 0.1) is 7.11 Å². The highest BCUT2D eigenvalue weighted by molar-refractivity contribution is 6.09. The minimum Gasteiger partial charge on any atom is -0.493 e. The Hall–Kier alpha value is -2.33. The Labute approximate surface area is 153 Å². The van der Waals surface area contributed by atoms with E-state index < -0.39 is 0 Å². The van der Waals surface area contributed by atoms with Crippen LogP contribution in [0.2, 0.25) is 0 Å². The molecule has 2 heterocycles. The lowest BCUT2D eigenvalue weighted by Crippen LogP contribution is -2.04. The standard InChI is InChI=1S/C20H21NO3.ClH/c1-3-4-5-15-13-17-16(6-7-19(23-2)20(17)24-15)18(22)12-14-8-10-21-11-9-14;/h6-11,13H,3-5,12H2,1-2H3;1H. The molecule has 5 heteroatoms. The maximum absolute atomic E-state index is 12.7. The molecular weight excluding hydrogens is 338 g/mol. The number of aromatic nitrogens is 1. The number of hydrogen-bond acceptors (Lipinski definition) is 4. The first-order valence-electron chi connectivity index (χ1n) is 8.24. The maximum Gasteiger partial charge on any atom is 0.176 e. The Bertz CT molecular complexity index is 843. The van der Waals surface area contributed by atoms with E-state index in [9.17, 15) is 4.79 Å². The molecule has 3 aromatic rings. The van der Waals surface area contributed by atoms with Crippen LogP contribution in [0.1, 0.15) is 41.4 Å². The van der Waals surface area contributed by atoms with Gasteiger partial charge in [0.25, 0.3) is 0 Å². The Kier molecular flexibility index (Phi) is 6.59. The monoisotopic (exact) mass is 359 g/mol. The lowest BCUT2D eigenvalue weighted by atomic mass is 10.00. The van der Waals surface area contributed by atoms with Gasteiger partial charge in [-0.25, -0.2) is 0 Å². The number of hydrogen-bond donors (Lipinski definition) is 0. The molecule has 0 amide bonds. The molecule has 1 aromatic carbocycles. The third kappa shape index (κ3) is 4.20. The van der Waals surface area contributed by atoms with E-state index in [1.165, 1.54) is 0 Å². The van der Waals surface area contributed by atoms with Crippen molar-refractivity contribution in [1.29, 1.82) is 0 Å². The average Bonchev–Trinajstić information content (AvgIpc) is 3.03. The Balaban J connectivity index is 0.00000225. The number of nitrogens with zero attached hydrogens (tertiary/aromatic N) is 1. The summed E-state index contributed by atoms with van der Waals surface area (Å²) in [4.78, 5) is 16.7. The third-order valence-corrected chi connectivity index (χ3v) is 4.11. The minimum atomic E-state index is 0. The molecule has 132 valence electrons. The van der Waals surface area contributed by atoms with Crippen molar-refractivity contribution >= 4 is 29.2 Å². The number of Topliss-reactive ketones (excluding diaryl/α,β-unsaturated/α-hetero) is 1. The molecule has 0 aliphatic carbocycles. The van der Waals surface area contributed by atoms with Crippen LogP contribution in [0.15, 0.2) is 47.1 Å². The molecule has 0 atom stereocenters. The minimum absolute atomic E-state index is 0. The van der Waals surface area contributed by atoms with Crippen LogP contribution < -0.4 is 4.74 Å². The van der Waals surface area contributed by atoms with Crippen LogP contribution in [0.4, 0.5) is 0 Å². The van der Waals surface area contributed by atoms with Crippen molar-refractivity contribution in [2.75, 3.05) is 7.11 Å². The van der Waals surface area contributed by atoms with Crippen molar-refractivity contribution < 1.29 is 13.9 Å². The van der Waals surface area contributed by atoms with Crippen molar-refractivity contribution in [2.45, 2.75) is 32.6 Å². The number of halogens is 1. The number of ketones is 1. The molecule has 4 nitrogen and oxygen atoms in total. The number of carbonyl (C=O) groups excluding carboxylic acids is 1. The van der Waals surface area contributed by atoms with E-state index >= 15 is 0 Å². The Morgan fingerprint density at radius 3 is 2.64 bits per heavy atom. The normalized spacial score (nSPS) is 10.5. The SMILES string of the molecule is CCCCc1cc2c(C(=O)Cc3ccncc3)ccc(OC)c2o1.Cl. The van der Waals surface area contributed by atoms with Crippen LogP contribution in [0.5, 0.6) is 5.75 Å². The molecule has 2 aromatic heterocycles. The van der Waals surface area contributed by atoms with E-state index in [-0.39, 0.29) is 18.2 Å². The summed E-state index contributed by atoms with van der Waals surface area (Å²) >= 11 is 0. The smallest absolute Gasteiger partial charge is 0.176 e. The summed E-state index contributed by atoms with van der Waals surface area (Å²) in [6, 6.07) is 9.33. The first kappa shape index (κ1) is 19.0. The van der Waals surface area contributed by atoms with E-state index in [1.54, 1.807) is 25.6 Å². The second kappa shape index (κ2) is 8.67. The Morgan fingerprint density at radius 2 is 1.96 bits per heavy atom. The first-order chi connectivity index (χ1) is 11.7. The largest absolute Gasteiger partial charge is 0.493 e. The van der Waals surface area contributed by atoms with Gasteiger partial charge in [0.1, 0.15) is 5.76 Å². The van der Waals surface area contributed by atoms with Crippen LogP contribution in [-0.2, 0) is 12.8 Å². The van der Waals surface area contributed by atoms with E-state index in [0.29, 0.717) is 23.3 Å². The molecule has 0 bridgehead atoms. The van der Waals surface area contributed by atoms with E-state index in [0.717, 1.165) is 36.0 Å². The van der Waals surface area contributed by atoms with Gasteiger partial charge >= 0.3 is 0 Å². The number of rotatable bonds is 7. The number of unbranched alkanes of at least 4 members (excludes halogenated alkanes) is 1. The predicted molar refractivity (Wildman–Crippen MR) is 101 cm³/mol. The molecule has 0 aliphatic rings. The summed E-state index contributed by atoms with van der Waals surface area (Å²) in [5.74, 6) is 1.62. The number of fused-ring (bicyclic) bond motifs is 1. The summed E-state index contributed by atoms with van der Waals surface area (Å²) in [5, 5.41) is 0.833. The molecule has 3 rings (SSSR count). The van der Waals surface area contributed by atoms with Crippen LogP contribution in [0.25, 0.3) is 11.0 Å². The highest BCUT2D eigenvalue weighted by Crippen LogP contribution is 2.32. The zero-order valence-corrected chi connectivity index (χ0v) is 15.3. The average molecular weight is 360 g/mol. The fourth-order valence-corrected chi connectivity index (χ4v) is 2.81. The van der Waals surface area contributed by atoms with Gasteiger partial charge in [-0.1, -0.05) is 13.3 Å². The van der Waals surface area contributed by atoms with Crippen molar-refractivity contribution in [3.8, 4) is 5.75 Å². The number of methoxy groups -OCH3 is 1. The van der Waals surface area contributed by atoms with Crippen molar-refractivity contribution in [2.24, 2.45) is 0 Å². The Morgan fingerprint density at radius 1 is 1.20 bits per heavy atom. The van der Waals surface area contributed by atoms with Crippen LogP contribution in [0, 0.1) is 0 Å². The molecule has 0 fully saturated rings. The van der Waals surface area contributed by atoms with Crippen molar-refractivity contribution in [1.82, 2.24) is 4.98 Å². The fraction of sp³-hybridized carbons (Fsp3) is 0.300. The lowest BCUT2D eigenvalue weighted by molar-refractivity contribution is 0.0994. The lowest BCUT2D eigenvalue weighted by Gasteiger charge is -2.05. The van der Waals surface area contributed by atoms with Crippen molar-refractivity contribution in [3.63, 3.8) is 0 Å². The molecular formula is C20H22ClNO3. The summed E-state index contributed by atoms with van der Waals surface area (Å²) in [6.07, 6.45) is 6.77. The van der Waals surface area contributed by atoms with Crippen molar-refractivity contribution in [3.05, 3.63) is 59.6 Å². The third-order valence-electron chi connectivity index (χ3n) is 4.11. The van der Waals surface area contributed by atoms with E-state index in [4.69, 9.17) is 9.15 Å². The summed E-state index contributed by atoms with van der Waals surface area (Å²) in [5.41, 5.74) is 2.28. The summed E-state index contributed by atoms with van der Waals surface area (Å²) in [7, 11) is 1.61. The van der Waals surface area contributed by atoms with Crippen LogP contribution in [0.3, 0.4) is 0 Å². The topological polar surface area (TPSA) is 52.3 Å². The van der Waals surface area contributed by atoms with E-state index in [2.05, 4.69) is 11.9 Å². The van der Waals surface area contributed by atoms with Gasteiger partial charge in [-0.3, -0.25) is 9.78 Å². The number of benzene rings is 1. The highest BCUT2D eigenvalue weighted by Gasteiger charge is 2.17. The fourth-order valence-electron chi connectivity index (χ4n) is 2.81. The van der Waals surface area contributed by atoms with Gasteiger partial charge in [0.2, 0.25) is 0 Å². The molecule has 0 unspecified atom stereocenters. The molecule has 0 N–H and O–H groups in total. The number of carbonyl (C=O) groups is 1. The predicted octanol–water partition coefficient (Wildman–Crippen LogP) is 5.03. The first-order valence-corrected chi connectivity index (χ1v) is 8.24. The molecule has 0 radical (unpaired) electrons. The second-order valence-electron chi connectivity index (χ2n) is 5.83. The number of ether oxygens (including phenoxy) is 1. The van der Waals surface area contributed by atoms with Gasteiger partial charge in [-0.15, -0.1) is 12.4 Å². The van der Waals surface area contributed by atoms with Crippen LogP contribution >= 0.6 is 12.4 Å². The van der Waals surface area contributed by atoms with Gasteiger partial charge in [-0.2, -0.15) is 0 Å². The molecule has 0 aliphatic heterocycles. The summed E-state index contributed by atoms with van der Waals surface area (Å²) < 4.78 is 11.3. The molecule has 0 spiro atoms. The summed E-state index contributed by atoms with van der Waals surface area (Å²) in [6.45, 7) is 2.15. The maximum atomic E-state index is 12.7. The number of furan rings is 1. The molecule has 0 saturated carbocycles. The number of aryl methyl sites for hydroxylation is 1. The zero-order chi connectivity index (χ0) is 16.9. The second-order valence-corrected chi connectivity index (χ2v) is 5.83. The van der Waals surface area contributed by atoms with Gasteiger partial charge < -0.3 is 9.15 Å². The van der Waals surface area contributed by atoms with Gasteiger partial charge in [-0.05, 0) is 42.3 Å². The highest BCUT2D eigenvalue weighted by atomic mass is 35.5. The molecule has 25 heavy (non-hydrogen) atoms. The van der Waals surface area contributed by atoms with Gasteiger partial charge in [0.15, 0.2) is 17.1 Å². The van der Waals surface area contributed by atoms with Gasteiger partial charge in [0, 0.05) is 36.2 Å². The number of pyridine rings is 1. The quantitative estimate of drug-likeness (QED) is 0.555. The molecule has 0 saturated heterocycles.